The molecule has 3 aromatic heterocycles. The van der Waals surface area contributed by atoms with E-state index < -0.39 is 11.5 Å². The molecule has 0 fully saturated rings. The van der Waals surface area contributed by atoms with E-state index in [1.807, 2.05) is 31.2 Å². The zero-order valence-corrected chi connectivity index (χ0v) is 18.5. The van der Waals surface area contributed by atoms with Crippen LogP contribution < -0.4 is 21.9 Å². The number of ether oxygens (including phenoxy) is 1. The summed E-state index contributed by atoms with van der Waals surface area (Å²) < 4.78 is 5.28. The summed E-state index contributed by atoms with van der Waals surface area (Å²) in [5, 5.41) is 0.00502. The van der Waals surface area contributed by atoms with Gasteiger partial charge in [-0.25, -0.2) is 29.9 Å². The van der Waals surface area contributed by atoms with Crippen LogP contribution in [0, 0.1) is 6.92 Å². The fraction of sp³-hybridized carbons (Fsp3) is 0.238. The standard InChI is InChI=1S/C21H22ClN9O/c1-10(12-4-6-13(32-3)7-5-12)21(25,20-30-17(22)14(23)18(24)31-20)16-15-19(27-9-8-26-15)29-11(2)28-16/h4-10H,23,25H2,1-3H3,(H2,24,30,31). The normalized spacial score (nSPS) is 14.2. The van der Waals surface area contributed by atoms with Gasteiger partial charge in [0.05, 0.1) is 7.11 Å². The summed E-state index contributed by atoms with van der Waals surface area (Å²) in [4.78, 5) is 26.6. The Morgan fingerprint density at radius 1 is 1.00 bits per heavy atom. The number of nitrogens with two attached hydrogens (primary N) is 3. The lowest BCUT2D eigenvalue weighted by Gasteiger charge is -2.34. The highest BCUT2D eigenvalue weighted by molar-refractivity contribution is 6.32. The summed E-state index contributed by atoms with van der Waals surface area (Å²) in [5.41, 5.74) is 19.8. The van der Waals surface area contributed by atoms with Crippen molar-refractivity contribution >= 4 is 34.3 Å². The third-order valence-electron chi connectivity index (χ3n) is 5.43. The molecule has 164 valence electrons. The second-order valence-electron chi connectivity index (χ2n) is 7.35. The van der Waals surface area contributed by atoms with Crippen LogP contribution in [0.5, 0.6) is 5.75 Å². The highest BCUT2D eigenvalue weighted by Crippen LogP contribution is 2.41. The van der Waals surface area contributed by atoms with Crippen LogP contribution in [-0.4, -0.2) is 37.0 Å². The Bertz CT molecular complexity index is 1280. The fourth-order valence-corrected chi connectivity index (χ4v) is 3.74. The maximum atomic E-state index is 7.14. The SMILES string of the molecule is COc1ccc(C(C)C(N)(c2nc(N)c(N)c(Cl)n2)c2nc(C)nc3nccnc23)cc1. The van der Waals surface area contributed by atoms with Crippen LogP contribution in [0.25, 0.3) is 11.2 Å². The van der Waals surface area contributed by atoms with Crippen molar-refractivity contribution in [2.75, 3.05) is 18.6 Å². The molecule has 0 spiro atoms. The number of hydrogen-bond acceptors (Lipinski definition) is 10. The highest BCUT2D eigenvalue weighted by atomic mass is 35.5. The van der Waals surface area contributed by atoms with E-state index in [2.05, 4.69) is 29.9 Å². The van der Waals surface area contributed by atoms with Crippen LogP contribution in [0.4, 0.5) is 11.5 Å². The quantitative estimate of drug-likeness (QED) is 0.383. The summed E-state index contributed by atoms with van der Waals surface area (Å²) in [5.74, 6) is 0.973. The molecule has 0 bridgehead atoms. The molecule has 0 aliphatic carbocycles. The van der Waals surface area contributed by atoms with Crippen LogP contribution >= 0.6 is 11.6 Å². The van der Waals surface area contributed by atoms with Gasteiger partial charge in [-0.1, -0.05) is 30.7 Å². The first-order valence-corrected chi connectivity index (χ1v) is 10.1. The van der Waals surface area contributed by atoms with Gasteiger partial charge in [-0.3, -0.25) is 0 Å². The van der Waals surface area contributed by atoms with E-state index >= 15 is 0 Å². The largest absolute Gasteiger partial charge is 0.497 e. The summed E-state index contributed by atoms with van der Waals surface area (Å²) in [6.45, 7) is 3.69. The molecule has 32 heavy (non-hydrogen) atoms. The fourth-order valence-electron chi connectivity index (χ4n) is 3.56. The van der Waals surface area contributed by atoms with Gasteiger partial charge in [0.15, 0.2) is 22.4 Å². The van der Waals surface area contributed by atoms with Gasteiger partial charge in [-0.05, 0) is 24.6 Å². The molecule has 0 aliphatic rings. The van der Waals surface area contributed by atoms with Gasteiger partial charge in [0.25, 0.3) is 0 Å². The van der Waals surface area contributed by atoms with Crippen LogP contribution in [0.15, 0.2) is 36.7 Å². The minimum atomic E-state index is -1.40. The van der Waals surface area contributed by atoms with Crippen molar-refractivity contribution in [3.8, 4) is 5.75 Å². The second kappa shape index (κ2) is 8.13. The van der Waals surface area contributed by atoms with Gasteiger partial charge < -0.3 is 21.9 Å². The van der Waals surface area contributed by atoms with Gasteiger partial charge in [-0.15, -0.1) is 0 Å². The summed E-state index contributed by atoms with van der Waals surface area (Å²) >= 11 is 6.26. The van der Waals surface area contributed by atoms with Gasteiger partial charge in [0.2, 0.25) is 0 Å². The average Bonchev–Trinajstić information content (AvgIpc) is 2.80. The molecule has 0 amide bonds. The first-order valence-electron chi connectivity index (χ1n) is 9.73. The molecular formula is C21H22ClN9O. The minimum absolute atomic E-state index is 0.00502. The molecule has 0 saturated heterocycles. The number of benzene rings is 1. The molecule has 0 saturated carbocycles. The predicted molar refractivity (Wildman–Crippen MR) is 122 cm³/mol. The maximum Gasteiger partial charge on any atom is 0.181 e. The molecule has 4 rings (SSSR count). The Kier molecular flexibility index (Phi) is 5.49. The van der Waals surface area contributed by atoms with E-state index in [9.17, 15) is 0 Å². The molecule has 4 aromatic rings. The number of aromatic nitrogens is 6. The topological polar surface area (TPSA) is 165 Å². The number of methoxy groups -OCH3 is 1. The molecule has 0 radical (unpaired) electrons. The molecule has 1 aromatic carbocycles. The van der Waals surface area contributed by atoms with Crippen molar-refractivity contribution in [2.45, 2.75) is 25.3 Å². The Balaban J connectivity index is 2.03. The molecule has 10 nitrogen and oxygen atoms in total. The van der Waals surface area contributed by atoms with E-state index in [0.29, 0.717) is 28.4 Å². The van der Waals surface area contributed by atoms with Crippen LogP contribution in [-0.2, 0) is 5.54 Å². The van der Waals surface area contributed by atoms with Crippen molar-refractivity contribution in [1.29, 1.82) is 0 Å². The Morgan fingerprint density at radius 2 is 1.69 bits per heavy atom. The first-order chi connectivity index (χ1) is 15.3. The zero-order chi connectivity index (χ0) is 23.0. The van der Waals surface area contributed by atoms with Crippen molar-refractivity contribution in [1.82, 2.24) is 29.9 Å². The van der Waals surface area contributed by atoms with Crippen molar-refractivity contribution < 1.29 is 4.74 Å². The van der Waals surface area contributed by atoms with Crippen molar-refractivity contribution in [3.63, 3.8) is 0 Å². The third kappa shape index (κ3) is 3.53. The molecule has 6 N–H and O–H groups in total. The average molecular weight is 452 g/mol. The van der Waals surface area contributed by atoms with Crippen molar-refractivity contribution in [3.05, 3.63) is 64.7 Å². The van der Waals surface area contributed by atoms with Crippen LogP contribution in [0.1, 0.15) is 35.7 Å². The maximum absolute atomic E-state index is 7.14. The predicted octanol–water partition coefficient (Wildman–Crippen LogP) is 2.35. The first kappa shape index (κ1) is 21.6. The monoisotopic (exact) mass is 451 g/mol. The minimum Gasteiger partial charge on any atom is -0.497 e. The molecule has 2 unspecified atom stereocenters. The highest BCUT2D eigenvalue weighted by Gasteiger charge is 2.44. The molecule has 11 heteroatoms. The van der Waals surface area contributed by atoms with Gasteiger partial charge in [-0.2, -0.15) is 0 Å². The number of anilines is 2. The number of aryl methyl sites for hydroxylation is 1. The van der Waals surface area contributed by atoms with Crippen LogP contribution in [0.3, 0.4) is 0 Å². The smallest absolute Gasteiger partial charge is 0.181 e. The summed E-state index contributed by atoms with van der Waals surface area (Å²) in [6.07, 6.45) is 3.10. The van der Waals surface area contributed by atoms with Gasteiger partial charge >= 0.3 is 0 Å². The number of fused-ring (bicyclic) bond motifs is 1. The molecular weight excluding hydrogens is 430 g/mol. The molecule has 2 atom stereocenters. The lowest BCUT2D eigenvalue weighted by atomic mass is 9.77. The van der Waals surface area contributed by atoms with Crippen LogP contribution in [0.2, 0.25) is 5.15 Å². The summed E-state index contributed by atoms with van der Waals surface area (Å²) in [6, 6.07) is 7.52. The van der Waals surface area contributed by atoms with Gasteiger partial charge in [0.1, 0.15) is 34.0 Å². The van der Waals surface area contributed by atoms with E-state index in [1.165, 1.54) is 0 Å². The summed E-state index contributed by atoms with van der Waals surface area (Å²) in [7, 11) is 1.60. The van der Waals surface area contributed by atoms with Crippen molar-refractivity contribution in [2.24, 2.45) is 5.73 Å². The Labute approximate surface area is 189 Å². The van der Waals surface area contributed by atoms with E-state index in [4.69, 9.17) is 33.5 Å². The van der Waals surface area contributed by atoms with Gasteiger partial charge in [0, 0.05) is 18.3 Å². The number of hydrogen-bond donors (Lipinski definition) is 3. The Hall–Kier alpha value is -3.63. The number of nitrogens with zero attached hydrogens (tertiary/aromatic N) is 6. The lowest BCUT2D eigenvalue weighted by Crippen LogP contribution is -2.46. The zero-order valence-electron chi connectivity index (χ0n) is 17.7. The van der Waals surface area contributed by atoms with E-state index in [-0.39, 0.29) is 22.5 Å². The van der Waals surface area contributed by atoms with E-state index in [0.717, 1.165) is 5.56 Å². The second-order valence-corrected chi connectivity index (χ2v) is 7.71. The number of nitrogen functional groups attached to an aromatic ring is 2. The Morgan fingerprint density at radius 3 is 2.34 bits per heavy atom. The molecule has 3 heterocycles. The lowest BCUT2D eigenvalue weighted by molar-refractivity contribution is 0.407. The number of halogens is 1. The number of rotatable bonds is 5. The van der Waals surface area contributed by atoms with E-state index in [1.54, 1.807) is 26.4 Å². The third-order valence-corrected chi connectivity index (χ3v) is 5.72. The molecule has 0 aliphatic heterocycles.